The maximum Gasteiger partial charge on any atom is 0.248 e. The van der Waals surface area contributed by atoms with Gasteiger partial charge < -0.3 is 0 Å². The van der Waals surface area contributed by atoms with Crippen molar-refractivity contribution in [2.75, 3.05) is 0 Å². The number of alkyl halides is 2. The molecule has 4 heteroatoms. The minimum atomic E-state index is -2.55. The summed E-state index contributed by atoms with van der Waals surface area (Å²) in [7, 11) is 0. The Labute approximate surface area is 189 Å². The summed E-state index contributed by atoms with van der Waals surface area (Å²) in [5, 5.41) is 0. The molecule has 0 amide bonds. The van der Waals surface area contributed by atoms with Crippen LogP contribution in [0.2, 0.25) is 0 Å². The minimum absolute atomic E-state index is 0.0902. The molecule has 1 saturated carbocycles. The maximum atomic E-state index is 14.7. The summed E-state index contributed by atoms with van der Waals surface area (Å²) in [6.45, 7) is 2.19. The van der Waals surface area contributed by atoms with Crippen LogP contribution in [0.25, 0.3) is 17.2 Å². The lowest BCUT2D eigenvalue weighted by Crippen LogP contribution is -2.23. The second-order valence-electron chi connectivity index (χ2n) is 9.04. The van der Waals surface area contributed by atoms with Gasteiger partial charge in [-0.3, -0.25) is 0 Å². The van der Waals surface area contributed by atoms with Crippen LogP contribution in [0, 0.1) is 11.6 Å². The summed E-state index contributed by atoms with van der Waals surface area (Å²) in [5.74, 6) is -4.14. The summed E-state index contributed by atoms with van der Waals surface area (Å²) >= 11 is 0. The van der Waals surface area contributed by atoms with Crippen LogP contribution in [-0.4, -0.2) is 5.92 Å². The topological polar surface area (TPSA) is 0 Å². The standard InChI is InChI=1S/C28H34F4/c1-2-3-4-5-6-7-8-9-10-24-15-16-25(27(30)26(24)29)23-13-11-21(12-14-23)22-17-19-28(31,32)20-18-22/h9-16,22H,2-8,17-20H2,1H3. The zero-order chi connectivity index (χ0) is 23.0. The second-order valence-corrected chi connectivity index (χ2v) is 9.04. The van der Waals surface area contributed by atoms with E-state index in [0.717, 1.165) is 18.4 Å². The molecular weight excluding hydrogens is 412 g/mol. The Kier molecular flexibility index (Phi) is 8.95. The number of rotatable bonds is 10. The largest absolute Gasteiger partial charge is 0.248 e. The number of unbranched alkanes of at least 4 members (excludes halogenated alkanes) is 6. The van der Waals surface area contributed by atoms with E-state index >= 15 is 0 Å². The second kappa shape index (κ2) is 11.7. The van der Waals surface area contributed by atoms with Crippen LogP contribution in [-0.2, 0) is 0 Å². The molecule has 174 valence electrons. The number of benzene rings is 2. The minimum Gasteiger partial charge on any atom is -0.207 e. The van der Waals surface area contributed by atoms with Gasteiger partial charge in [0.2, 0.25) is 5.92 Å². The molecule has 1 aliphatic rings. The summed E-state index contributed by atoms with van der Waals surface area (Å²) in [6.07, 6.45) is 12.4. The number of hydrogen-bond donors (Lipinski definition) is 0. The van der Waals surface area contributed by atoms with E-state index in [0.29, 0.717) is 18.4 Å². The monoisotopic (exact) mass is 446 g/mol. The molecule has 0 bridgehead atoms. The van der Waals surface area contributed by atoms with E-state index < -0.39 is 17.6 Å². The van der Waals surface area contributed by atoms with Crippen molar-refractivity contribution in [3.63, 3.8) is 0 Å². The maximum absolute atomic E-state index is 14.7. The smallest absolute Gasteiger partial charge is 0.207 e. The molecule has 3 rings (SSSR count). The van der Waals surface area contributed by atoms with Crippen LogP contribution in [0.3, 0.4) is 0 Å². The van der Waals surface area contributed by atoms with E-state index in [-0.39, 0.29) is 29.9 Å². The average Bonchev–Trinajstić information content (AvgIpc) is 2.79. The molecule has 0 atom stereocenters. The van der Waals surface area contributed by atoms with Crippen LogP contribution in [0.1, 0.15) is 94.6 Å². The lowest BCUT2D eigenvalue weighted by atomic mass is 9.82. The fraction of sp³-hybridized carbons (Fsp3) is 0.500. The first-order chi connectivity index (χ1) is 15.4. The van der Waals surface area contributed by atoms with Crippen molar-refractivity contribution in [3.05, 3.63) is 65.2 Å². The molecule has 0 spiro atoms. The molecule has 0 radical (unpaired) electrons. The van der Waals surface area contributed by atoms with Crippen molar-refractivity contribution in [3.8, 4) is 11.1 Å². The van der Waals surface area contributed by atoms with Gasteiger partial charge in [0.25, 0.3) is 0 Å². The fourth-order valence-corrected chi connectivity index (χ4v) is 4.48. The van der Waals surface area contributed by atoms with E-state index in [1.54, 1.807) is 30.3 Å². The molecule has 0 heterocycles. The van der Waals surface area contributed by atoms with E-state index in [2.05, 4.69) is 6.92 Å². The molecule has 0 saturated heterocycles. The summed E-state index contributed by atoms with van der Waals surface area (Å²) in [6, 6.07) is 10.5. The third kappa shape index (κ3) is 6.70. The van der Waals surface area contributed by atoms with Gasteiger partial charge in [-0.2, -0.15) is 0 Å². The third-order valence-electron chi connectivity index (χ3n) is 6.54. The van der Waals surface area contributed by atoms with Crippen molar-refractivity contribution in [1.29, 1.82) is 0 Å². The Morgan fingerprint density at radius 3 is 2.19 bits per heavy atom. The highest BCUT2D eigenvalue weighted by atomic mass is 19.3. The predicted molar refractivity (Wildman–Crippen MR) is 125 cm³/mol. The van der Waals surface area contributed by atoms with Crippen LogP contribution in [0.4, 0.5) is 17.6 Å². The number of halogens is 4. The van der Waals surface area contributed by atoms with E-state index in [9.17, 15) is 17.6 Å². The summed E-state index contributed by atoms with van der Waals surface area (Å²) < 4.78 is 56.1. The lowest BCUT2D eigenvalue weighted by Gasteiger charge is -2.28. The molecule has 0 nitrogen and oxygen atoms in total. The van der Waals surface area contributed by atoms with Crippen molar-refractivity contribution in [1.82, 2.24) is 0 Å². The highest BCUT2D eigenvalue weighted by molar-refractivity contribution is 5.67. The molecule has 0 N–H and O–H groups in total. The van der Waals surface area contributed by atoms with Crippen LogP contribution in [0.15, 0.2) is 42.5 Å². The molecule has 2 aromatic carbocycles. The molecule has 2 aromatic rings. The Morgan fingerprint density at radius 2 is 1.50 bits per heavy atom. The van der Waals surface area contributed by atoms with E-state index in [1.807, 2.05) is 18.2 Å². The molecule has 1 aliphatic carbocycles. The van der Waals surface area contributed by atoms with Crippen LogP contribution < -0.4 is 0 Å². The van der Waals surface area contributed by atoms with E-state index in [1.165, 1.54) is 32.1 Å². The van der Waals surface area contributed by atoms with Crippen molar-refractivity contribution in [2.24, 2.45) is 0 Å². The Balaban J connectivity index is 1.59. The highest BCUT2D eigenvalue weighted by Gasteiger charge is 2.35. The normalized spacial score (nSPS) is 16.7. The van der Waals surface area contributed by atoms with Gasteiger partial charge in [0, 0.05) is 24.0 Å². The average molecular weight is 447 g/mol. The lowest BCUT2D eigenvalue weighted by molar-refractivity contribution is -0.0382. The van der Waals surface area contributed by atoms with Crippen LogP contribution >= 0.6 is 0 Å². The predicted octanol–water partition coefficient (Wildman–Crippen LogP) is 9.69. The fourth-order valence-electron chi connectivity index (χ4n) is 4.48. The molecule has 0 aromatic heterocycles. The zero-order valence-electron chi connectivity index (χ0n) is 19.0. The molecule has 32 heavy (non-hydrogen) atoms. The first-order valence-electron chi connectivity index (χ1n) is 12.0. The van der Waals surface area contributed by atoms with E-state index in [4.69, 9.17) is 0 Å². The van der Waals surface area contributed by atoms with Crippen molar-refractivity contribution < 1.29 is 17.6 Å². The SMILES string of the molecule is CCCCCCCCC=Cc1ccc(-c2ccc(C3CCC(F)(F)CC3)cc2)c(F)c1F. The van der Waals surface area contributed by atoms with Gasteiger partial charge >= 0.3 is 0 Å². The number of allylic oxidation sites excluding steroid dienone is 1. The first kappa shape index (κ1) is 24.5. The quantitative estimate of drug-likeness (QED) is 0.252. The van der Waals surface area contributed by atoms with Gasteiger partial charge in [0.15, 0.2) is 11.6 Å². The third-order valence-corrected chi connectivity index (χ3v) is 6.54. The zero-order valence-corrected chi connectivity index (χ0v) is 19.0. The van der Waals surface area contributed by atoms with Gasteiger partial charge in [0.1, 0.15) is 0 Å². The van der Waals surface area contributed by atoms with Crippen molar-refractivity contribution >= 4 is 6.08 Å². The van der Waals surface area contributed by atoms with Gasteiger partial charge in [-0.05, 0) is 42.7 Å². The van der Waals surface area contributed by atoms with Gasteiger partial charge in [0.05, 0.1) is 0 Å². The van der Waals surface area contributed by atoms with Crippen molar-refractivity contribution in [2.45, 2.75) is 89.4 Å². The first-order valence-corrected chi connectivity index (χ1v) is 12.0. The van der Waals surface area contributed by atoms with Gasteiger partial charge in [-0.25, -0.2) is 17.6 Å². The molecule has 1 fully saturated rings. The highest BCUT2D eigenvalue weighted by Crippen LogP contribution is 2.41. The summed E-state index contributed by atoms with van der Waals surface area (Å²) in [4.78, 5) is 0. The number of hydrogen-bond acceptors (Lipinski definition) is 0. The van der Waals surface area contributed by atoms with Gasteiger partial charge in [-0.1, -0.05) is 87.6 Å². The Bertz CT molecular complexity index is 873. The Hall–Kier alpha value is -2.10. The molecular formula is C28H34F4. The van der Waals surface area contributed by atoms with Crippen LogP contribution in [0.5, 0.6) is 0 Å². The summed E-state index contributed by atoms with van der Waals surface area (Å²) in [5.41, 5.74) is 2.06. The molecule has 0 aliphatic heterocycles. The van der Waals surface area contributed by atoms with Gasteiger partial charge in [-0.15, -0.1) is 0 Å². The Morgan fingerprint density at radius 1 is 0.844 bits per heavy atom. The molecule has 0 unspecified atom stereocenters.